The summed E-state index contributed by atoms with van der Waals surface area (Å²) in [6.45, 7) is -5.76. The highest BCUT2D eigenvalue weighted by atomic mass is 16.8. The van der Waals surface area contributed by atoms with Gasteiger partial charge in [-0.1, -0.05) is 0 Å². The van der Waals surface area contributed by atoms with Gasteiger partial charge < -0.3 is 224 Å². The summed E-state index contributed by atoms with van der Waals surface area (Å²) in [6, 6.07) is -7.42. The molecule has 9 heterocycles. The van der Waals surface area contributed by atoms with Crippen LogP contribution in [0.2, 0.25) is 0 Å². The average Bonchev–Trinajstić information content (AvgIpc) is 1.27. The molecular weight excluding hydrogens is 1520 g/mol. The first-order valence-electron chi connectivity index (χ1n) is 35.4. The van der Waals surface area contributed by atoms with Gasteiger partial charge >= 0.3 is 0 Å². The number of nitrogens with one attached hydrogen (secondary N) is 4. The monoisotopic (exact) mass is 1620 g/mol. The van der Waals surface area contributed by atoms with Crippen LogP contribution in [0.5, 0.6) is 0 Å². The Kier molecular flexibility index (Phi) is 32.9. The van der Waals surface area contributed by atoms with Crippen LogP contribution in [0.15, 0.2) is 0 Å². The Hall–Kier alpha value is -3.76. The Morgan fingerprint density at radius 3 is 1.03 bits per heavy atom. The molecule has 0 aromatic rings. The molecular formula is C62H104N4O45. The molecule has 4 amide bonds. The normalized spacial score (nSPS) is 48.5. The lowest BCUT2D eigenvalue weighted by atomic mass is 9.93. The van der Waals surface area contributed by atoms with Crippen LogP contribution in [0.3, 0.4) is 0 Å². The summed E-state index contributed by atoms with van der Waals surface area (Å²) in [5.74, 6) is -3.60. The zero-order chi connectivity index (χ0) is 81.6. The predicted octanol–water partition coefficient (Wildman–Crippen LogP) is -18.8. The number of amides is 4. The first-order valence-corrected chi connectivity index (χ1v) is 35.4. The molecule has 0 aliphatic carbocycles. The Labute approximate surface area is 629 Å². The Morgan fingerprint density at radius 1 is 0.252 bits per heavy atom. The van der Waals surface area contributed by atoms with Crippen LogP contribution in [-0.2, 0) is 104 Å². The van der Waals surface area contributed by atoms with E-state index in [9.17, 15) is 137 Å². The van der Waals surface area contributed by atoms with Crippen molar-refractivity contribution in [3.8, 4) is 0 Å². The van der Waals surface area contributed by atoms with Gasteiger partial charge in [0, 0.05) is 34.8 Å². The predicted molar refractivity (Wildman–Crippen MR) is 342 cm³/mol. The van der Waals surface area contributed by atoms with E-state index in [1.165, 1.54) is 0 Å². The number of carbonyl (C=O) groups is 4. The largest absolute Gasteiger partial charge is 0.394 e. The third kappa shape index (κ3) is 20.2. The van der Waals surface area contributed by atoms with Crippen LogP contribution in [0.4, 0.5) is 0 Å². The number of carbonyl (C=O) groups excluding carboxylic acids is 4. The van der Waals surface area contributed by atoms with Crippen molar-refractivity contribution in [2.45, 2.75) is 298 Å². The highest BCUT2D eigenvalue weighted by molar-refractivity contribution is 5.74. The van der Waals surface area contributed by atoms with Gasteiger partial charge in [-0.25, -0.2) is 0 Å². The molecule has 0 bridgehead atoms. The number of methoxy groups -OCH3 is 1. The van der Waals surface area contributed by atoms with E-state index in [4.69, 9.17) is 85.3 Å². The van der Waals surface area contributed by atoms with Gasteiger partial charge in [0.05, 0.1) is 59.5 Å². The van der Waals surface area contributed by atoms with Crippen molar-refractivity contribution in [2.24, 2.45) is 0 Å². The van der Waals surface area contributed by atoms with Crippen molar-refractivity contribution in [3.63, 3.8) is 0 Å². The molecule has 49 nitrogen and oxygen atoms in total. The van der Waals surface area contributed by atoms with Gasteiger partial charge in [-0.3, -0.25) is 19.2 Å². The van der Waals surface area contributed by atoms with Crippen molar-refractivity contribution in [3.05, 3.63) is 0 Å². The van der Waals surface area contributed by atoms with Gasteiger partial charge in [0.15, 0.2) is 56.6 Å². The number of aliphatic hydroxyl groups excluding tert-OH is 23. The highest BCUT2D eigenvalue weighted by Gasteiger charge is 2.62. The molecule has 27 N–H and O–H groups in total. The summed E-state index contributed by atoms with van der Waals surface area (Å²) in [5.41, 5.74) is 0. The van der Waals surface area contributed by atoms with Crippen LogP contribution in [0, 0.1) is 0 Å². The quantitative estimate of drug-likeness (QED) is 0.0318. The minimum Gasteiger partial charge on any atom is -0.394 e. The zero-order valence-electron chi connectivity index (χ0n) is 60.0. The minimum atomic E-state index is -2.47. The van der Waals surface area contributed by atoms with Crippen molar-refractivity contribution < 1.29 is 222 Å². The lowest BCUT2D eigenvalue weighted by Crippen LogP contribution is -2.71. The van der Waals surface area contributed by atoms with Crippen LogP contribution in [-0.4, -0.2) is 478 Å². The maximum absolute atomic E-state index is 13.3. The number of ether oxygens (including phenoxy) is 18. The van der Waals surface area contributed by atoms with Gasteiger partial charge in [0.25, 0.3) is 0 Å². The average molecular weight is 1630 g/mol. The van der Waals surface area contributed by atoms with Crippen molar-refractivity contribution in [2.75, 3.05) is 66.6 Å². The molecule has 0 spiro atoms. The fourth-order valence-corrected chi connectivity index (χ4v) is 14.5. The molecule has 0 saturated carbocycles. The van der Waals surface area contributed by atoms with Gasteiger partial charge in [0.1, 0.15) is 213 Å². The minimum absolute atomic E-state index is 0.785. The molecule has 44 atom stereocenters. The number of rotatable bonds is 30. The van der Waals surface area contributed by atoms with E-state index in [2.05, 4.69) is 21.3 Å². The maximum Gasteiger partial charge on any atom is 0.217 e. The number of hydrogen-bond donors (Lipinski definition) is 27. The smallest absolute Gasteiger partial charge is 0.217 e. The third-order valence-electron chi connectivity index (χ3n) is 20.3. The summed E-state index contributed by atoms with van der Waals surface area (Å²) < 4.78 is 108. The first-order chi connectivity index (χ1) is 52.6. The fraction of sp³-hybridized carbons (Fsp3) is 0.935. The summed E-state index contributed by atoms with van der Waals surface area (Å²) in [4.78, 5) is 51.5. The van der Waals surface area contributed by atoms with Crippen molar-refractivity contribution >= 4 is 23.6 Å². The van der Waals surface area contributed by atoms with E-state index >= 15 is 0 Å². The highest BCUT2D eigenvalue weighted by Crippen LogP contribution is 2.41. The molecule has 111 heavy (non-hydrogen) atoms. The summed E-state index contributed by atoms with van der Waals surface area (Å²) in [6.07, 6.45) is -81.6. The molecule has 0 radical (unpaired) electrons. The lowest BCUT2D eigenvalue weighted by Gasteiger charge is -2.52. The maximum atomic E-state index is 13.3. The Morgan fingerprint density at radius 2 is 0.550 bits per heavy atom. The van der Waals surface area contributed by atoms with Crippen LogP contribution >= 0.6 is 0 Å². The number of aliphatic hydroxyl groups is 23. The third-order valence-corrected chi connectivity index (χ3v) is 20.3. The van der Waals surface area contributed by atoms with E-state index in [0.29, 0.717) is 0 Å². The summed E-state index contributed by atoms with van der Waals surface area (Å²) in [5, 5.41) is 266. The number of hydrogen-bond acceptors (Lipinski definition) is 45. The molecule has 9 aliphatic rings. The Bertz CT molecular complexity index is 2930. The lowest BCUT2D eigenvalue weighted by molar-refractivity contribution is -0.407. The topological polar surface area (TPSA) is 748 Å². The van der Waals surface area contributed by atoms with Crippen molar-refractivity contribution in [1.29, 1.82) is 0 Å². The molecule has 9 aliphatic heterocycles. The fourth-order valence-electron chi connectivity index (χ4n) is 14.5. The van der Waals surface area contributed by atoms with Crippen molar-refractivity contribution in [1.82, 2.24) is 21.3 Å². The van der Waals surface area contributed by atoms with E-state index < -0.39 is 353 Å². The molecule has 9 rings (SSSR count). The summed E-state index contributed by atoms with van der Waals surface area (Å²) in [7, 11) is 1.10. The zero-order valence-corrected chi connectivity index (χ0v) is 60.0. The standard InChI is InChI=1S/C62H104N4O45/c1-15(75)63-28-38(85)46(24(11-72)96-54(28)93)105-55-29(64-16(2)76)40(87)48(26(13-74)102-55)107-62-53(111-59-43(90)34(81)21(8-69)99-59)51(37(84)27(104-62)14-95-58-44(91)41(88)32(79)19(6-67)98-58)109-61-52(42(89)33(80)20(7-68)101-61)110-56-30(65-17(3)77)39(86)47(25(12-73)103-56)106-57-31(66-18(4)78)49(35(82)22(9-70)97-57)108-60-45(92)50(94-5)36(83)23(10-71)100-60/h19-62,67-74,79-93H,6-14H2,1-5H3,(H,63,75)(H,64,76)(H,65,77)(H,66,78)/t19-,20-,21-,22-,23-,24-,25-,26-,27-,28-,29-,30-,31-,32-,33-,34+,35+,36+,37-,38-,39-,40-,41+,42+,43-,44+,45-,46-,47-,48-,49-,50+,51+,52+,53+,54?,55+,56+,57+,58+,59+,60+,61-,62+/m1/s1. The molecule has 9 saturated heterocycles. The molecule has 0 aromatic heterocycles. The van der Waals surface area contributed by atoms with Crippen LogP contribution in [0.1, 0.15) is 27.7 Å². The van der Waals surface area contributed by atoms with E-state index in [1.807, 2.05) is 0 Å². The molecule has 0 aromatic carbocycles. The van der Waals surface area contributed by atoms with Gasteiger partial charge in [0.2, 0.25) is 23.6 Å². The Balaban J connectivity index is 1.08. The summed E-state index contributed by atoms with van der Waals surface area (Å²) >= 11 is 0. The van der Waals surface area contributed by atoms with Crippen LogP contribution in [0.25, 0.3) is 0 Å². The second kappa shape index (κ2) is 40.1. The van der Waals surface area contributed by atoms with E-state index in [0.717, 1.165) is 34.8 Å². The van der Waals surface area contributed by atoms with Crippen LogP contribution < -0.4 is 21.3 Å². The second-order valence-electron chi connectivity index (χ2n) is 27.9. The second-order valence-corrected chi connectivity index (χ2v) is 27.9. The first kappa shape index (κ1) is 91.1. The molecule has 1 unspecified atom stereocenters. The van der Waals surface area contributed by atoms with Gasteiger partial charge in [-0.2, -0.15) is 0 Å². The molecule has 49 heteroatoms. The van der Waals surface area contributed by atoms with Gasteiger partial charge in [-0.05, 0) is 0 Å². The SMILES string of the molecule is CO[C@H]1[C@@H](O)[C@@H](CO)O[C@@H](O[C@H]2[C@@H](O)[C@@H](CO)O[C@@H](O[C@H]3[C@H](O)[C@@H](NC(C)=O)[C@H](O[C@@H]4[C@@H](O[C@H]5[C@H](O)[C@@H](CO[C@H]6O[C@H](CO)[C@@H](O)[C@H](O)[C@@H]6O)O[C@@H](O[C@H]6[C@H](O)[C@@H](NC(C)=O)[C@H](O[C@H]7[C@H](O)[C@@H](NC(C)=O)C(O)O[C@@H]7CO)O[C@@H]6CO)[C@H]5O[C@@H]5O[C@H](CO)[C@H](O)[C@H]5O)O[C@H](CO)[C@@H](O)[C@@H]4O)O[C@@H]3CO)[C@@H]2NC(C)=O)[C@@H]1O. The van der Waals surface area contributed by atoms with E-state index in [-0.39, 0.29) is 0 Å². The molecule has 642 valence electrons. The molecule has 9 fully saturated rings. The van der Waals surface area contributed by atoms with Gasteiger partial charge in [-0.15, -0.1) is 0 Å². The van der Waals surface area contributed by atoms with E-state index in [1.54, 1.807) is 0 Å².